The Kier molecular flexibility index (Phi) is 1.63. The van der Waals surface area contributed by atoms with Gasteiger partial charge in [-0.05, 0) is 12.1 Å². The fraction of sp³-hybridized carbons (Fsp3) is 0. The summed E-state index contributed by atoms with van der Waals surface area (Å²) in [4.78, 5) is 14.2. The number of anilines is 1. The number of nitrogens with one attached hydrogen (secondary N) is 1. The first-order valence-corrected chi connectivity index (χ1v) is 3.67. The number of aromatic nitrogens is 2. The van der Waals surface area contributed by atoms with Gasteiger partial charge in [0.25, 0.3) is 0 Å². The zero-order valence-electron chi connectivity index (χ0n) is 6.64. The van der Waals surface area contributed by atoms with Crippen molar-refractivity contribution in [3.8, 4) is 0 Å². The topological polar surface area (TPSA) is 66.6 Å². The molecule has 0 radical (unpaired) electrons. The zero-order chi connectivity index (χ0) is 9.26. The number of hydrogen-bond acceptors (Lipinski definition) is 2. The number of imidazole rings is 1. The van der Waals surface area contributed by atoms with Crippen LogP contribution in [0.5, 0.6) is 0 Å². The van der Waals surface area contributed by atoms with Crippen LogP contribution < -0.4 is 5.32 Å². The van der Waals surface area contributed by atoms with E-state index in [-0.39, 0.29) is 0 Å². The summed E-state index contributed by atoms with van der Waals surface area (Å²) in [5, 5.41) is 10.7. The lowest BCUT2D eigenvalue weighted by Gasteiger charge is -2.00. The molecule has 2 aromatic rings. The molecule has 0 fully saturated rings. The Bertz CT molecular complexity index is 449. The Morgan fingerprint density at radius 1 is 1.54 bits per heavy atom. The minimum absolute atomic E-state index is 0.526. The van der Waals surface area contributed by atoms with E-state index < -0.39 is 6.09 Å². The maximum absolute atomic E-state index is 10.3. The van der Waals surface area contributed by atoms with Gasteiger partial charge in [-0.2, -0.15) is 0 Å². The third-order valence-electron chi connectivity index (χ3n) is 1.66. The van der Waals surface area contributed by atoms with E-state index in [0.29, 0.717) is 5.69 Å². The van der Waals surface area contributed by atoms with E-state index in [4.69, 9.17) is 5.11 Å². The minimum Gasteiger partial charge on any atom is -0.465 e. The number of rotatable bonds is 1. The molecule has 0 aliphatic rings. The van der Waals surface area contributed by atoms with Crippen LogP contribution in [-0.2, 0) is 0 Å². The van der Waals surface area contributed by atoms with E-state index in [1.807, 2.05) is 0 Å². The first-order chi connectivity index (χ1) is 6.25. The molecule has 0 aliphatic heterocycles. The van der Waals surface area contributed by atoms with Crippen LogP contribution in [0.1, 0.15) is 0 Å². The number of carbonyl (C=O) groups is 1. The summed E-state index contributed by atoms with van der Waals surface area (Å²) in [6.07, 6.45) is 3.91. The second kappa shape index (κ2) is 2.78. The largest absolute Gasteiger partial charge is 0.465 e. The predicted molar refractivity (Wildman–Crippen MR) is 46.8 cm³/mol. The second-order valence-corrected chi connectivity index (χ2v) is 2.57. The molecule has 66 valence electrons. The molecule has 2 aromatic heterocycles. The number of nitrogens with zero attached hydrogens (tertiary/aromatic N) is 2. The normalized spacial score (nSPS) is 10.2. The molecular formula is C8H7N3O2. The zero-order valence-corrected chi connectivity index (χ0v) is 6.64. The fourth-order valence-corrected chi connectivity index (χ4v) is 1.12. The first kappa shape index (κ1) is 7.60. The molecule has 0 aliphatic carbocycles. The van der Waals surface area contributed by atoms with Crippen molar-refractivity contribution in [3.63, 3.8) is 0 Å². The van der Waals surface area contributed by atoms with Crippen LogP contribution in [0.3, 0.4) is 0 Å². The highest BCUT2D eigenvalue weighted by Crippen LogP contribution is 2.09. The number of carboxylic acid groups (broad SMARTS) is 1. The number of hydrogen-bond donors (Lipinski definition) is 2. The van der Waals surface area contributed by atoms with Crippen LogP contribution in [0.25, 0.3) is 5.52 Å². The van der Waals surface area contributed by atoms with Crippen LogP contribution in [0.2, 0.25) is 0 Å². The summed E-state index contributed by atoms with van der Waals surface area (Å²) in [5.74, 6) is 0. The van der Waals surface area contributed by atoms with Crippen LogP contribution in [-0.4, -0.2) is 20.6 Å². The lowest BCUT2D eigenvalue weighted by atomic mass is 10.4. The Labute approximate surface area is 73.6 Å². The third kappa shape index (κ3) is 1.44. The molecule has 1 amide bonds. The Morgan fingerprint density at radius 2 is 2.38 bits per heavy atom. The monoisotopic (exact) mass is 177 g/mol. The van der Waals surface area contributed by atoms with Gasteiger partial charge in [0, 0.05) is 6.20 Å². The van der Waals surface area contributed by atoms with Gasteiger partial charge < -0.3 is 9.51 Å². The van der Waals surface area contributed by atoms with Gasteiger partial charge in [0.15, 0.2) is 0 Å². The SMILES string of the molecule is O=C(O)Nc1ccc2cncn2c1. The number of amides is 1. The van der Waals surface area contributed by atoms with Crippen molar-refractivity contribution in [3.05, 3.63) is 30.9 Å². The maximum atomic E-state index is 10.3. The average molecular weight is 177 g/mol. The smallest absolute Gasteiger partial charge is 0.409 e. The van der Waals surface area contributed by atoms with Gasteiger partial charge in [-0.15, -0.1) is 0 Å². The highest BCUT2D eigenvalue weighted by Gasteiger charge is 1.98. The fourth-order valence-electron chi connectivity index (χ4n) is 1.12. The Hall–Kier alpha value is -2.04. The molecule has 0 saturated carbocycles. The summed E-state index contributed by atoms with van der Waals surface area (Å²) in [7, 11) is 0. The molecule has 0 aromatic carbocycles. The standard InChI is InChI=1S/C8H7N3O2/c12-8(13)10-6-1-2-7-3-9-5-11(7)4-6/h1-5,10H,(H,12,13). The molecule has 2 rings (SSSR count). The van der Waals surface area contributed by atoms with Crippen LogP contribution >= 0.6 is 0 Å². The summed E-state index contributed by atoms with van der Waals surface area (Å²) in [5.41, 5.74) is 1.45. The molecular weight excluding hydrogens is 170 g/mol. The third-order valence-corrected chi connectivity index (χ3v) is 1.66. The highest BCUT2D eigenvalue weighted by atomic mass is 16.4. The van der Waals surface area contributed by atoms with E-state index >= 15 is 0 Å². The molecule has 0 bridgehead atoms. The van der Waals surface area contributed by atoms with Gasteiger partial charge >= 0.3 is 6.09 Å². The molecule has 2 heterocycles. The van der Waals surface area contributed by atoms with Gasteiger partial charge in [-0.3, -0.25) is 5.32 Å². The molecule has 13 heavy (non-hydrogen) atoms. The van der Waals surface area contributed by atoms with E-state index in [1.54, 1.807) is 35.3 Å². The quantitative estimate of drug-likeness (QED) is 0.692. The van der Waals surface area contributed by atoms with Gasteiger partial charge in [0.2, 0.25) is 0 Å². The van der Waals surface area contributed by atoms with Gasteiger partial charge in [-0.25, -0.2) is 9.78 Å². The molecule has 0 atom stereocenters. The predicted octanol–water partition coefficient (Wildman–Crippen LogP) is 1.42. The molecule has 5 heteroatoms. The van der Waals surface area contributed by atoms with E-state index in [0.717, 1.165) is 5.52 Å². The highest BCUT2D eigenvalue weighted by molar-refractivity contribution is 5.82. The second-order valence-electron chi connectivity index (χ2n) is 2.57. The van der Waals surface area contributed by atoms with Crippen LogP contribution in [0.4, 0.5) is 10.5 Å². The van der Waals surface area contributed by atoms with Crippen molar-refractivity contribution < 1.29 is 9.90 Å². The minimum atomic E-state index is -1.07. The summed E-state index contributed by atoms with van der Waals surface area (Å²) in [6.45, 7) is 0. The first-order valence-electron chi connectivity index (χ1n) is 3.67. The van der Waals surface area contributed by atoms with Gasteiger partial charge in [-0.1, -0.05) is 0 Å². The average Bonchev–Trinajstić information content (AvgIpc) is 2.49. The van der Waals surface area contributed by atoms with Crippen molar-refractivity contribution in [1.29, 1.82) is 0 Å². The number of fused-ring (bicyclic) bond motifs is 1. The summed E-state index contributed by atoms with van der Waals surface area (Å²) in [6, 6.07) is 3.48. The Balaban J connectivity index is 2.42. The lowest BCUT2D eigenvalue weighted by Crippen LogP contribution is -2.07. The Morgan fingerprint density at radius 3 is 3.15 bits per heavy atom. The van der Waals surface area contributed by atoms with Crippen molar-refractivity contribution in [2.45, 2.75) is 0 Å². The van der Waals surface area contributed by atoms with Crippen LogP contribution in [0, 0.1) is 0 Å². The van der Waals surface area contributed by atoms with E-state index in [2.05, 4.69) is 10.3 Å². The van der Waals surface area contributed by atoms with Crippen molar-refractivity contribution in [1.82, 2.24) is 9.38 Å². The molecule has 0 spiro atoms. The molecule has 0 unspecified atom stereocenters. The van der Waals surface area contributed by atoms with Crippen LogP contribution in [0.15, 0.2) is 30.9 Å². The molecule has 5 nitrogen and oxygen atoms in total. The van der Waals surface area contributed by atoms with Gasteiger partial charge in [0.05, 0.1) is 23.7 Å². The van der Waals surface area contributed by atoms with E-state index in [9.17, 15) is 4.79 Å². The molecule has 2 N–H and O–H groups in total. The van der Waals surface area contributed by atoms with Crippen molar-refractivity contribution in [2.75, 3.05) is 5.32 Å². The van der Waals surface area contributed by atoms with Crippen molar-refractivity contribution in [2.24, 2.45) is 0 Å². The van der Waals surface area contributed by atoms with Gasteiger partial charge in [0.1, 0.15) is 0 Å². The lowest BCUT2D eigenvalue weighted by molar-refractivity contribution is 0.209. The molecule has 0 saturated heterocycles. The maximum Gasteiger partial charge on any atom is 0.409 e. The van der Waals surface area contributed by atoms with Crippen molar-refractivity contribution >= 4 is 17.3 Å². The number of pyridine rings is 1. The van der Waals surface area contributed by atoms with E-state index in [1.165, 1.54) is 0 Å². The summed E-state index contributed by atoms with van der Waals surface area (Å²) >= 11 is 0. The summed E-state index contributed by atoms with van der Waals surface area (Å²) < 4.78 is 1.74.